The second-order valence-electron chi connectivity index (χ2n) is 5.72. The number of aromatic nitrogens is 2. The number of rotatable bonds is 5. The Balaban J connectivity index is 1.89. The fourth-order valence-corrected chi connectivity index (χ4v) is 2.73. The summed E-state index contributed by atoms with van der Waals surface area (Å²) >= 11 is 0. The first-order valence-corrected chi connectivity index (χ1v) is 8.43. The molecule has 0 aliphatic rings. The molecule has 1 aromatic carbocycles. The highest BCUT2D eigenvalue weighted by molar-refractivity contribution is 6.08. The van der Waals surface area contributed by atoms with Gasteiger partial charge in [-0.15, -0.1) is 0 Å². The summed E-state index contributed by atoms with van der Waals surface area (Å²) in [5, 5.41) is 3.61. The molecule has 3 rings (SSSR count). The van der Waals surface area contributed by atoms with Crippen LogP contribution in [-0.2, 0) is 4.74 Å². The second kappa shape index (κ2) is 7.82. The van der Waals surface area contributed by atoms with Gasteiger partial charge < -0.3 is 14.8 Å². The summed E-state index contributed by atoms with van der Waals surface area (Å²) < 4.78 is 10.3. The van der Waals surface area contributed by atoms with Crippen molar-refractivity contribution in [1.29, 1.82) is 0 Å². The van der Waals surface area contributed by atoms with E-state index in [-0.39, 0.29) is 12.3 Å². The fraction of sp³-hybridized carbons (Fsp3) is 0.200. The van der Waals surface area contributed by atoms with Crippen molar-refractivity contribution in [3.63, 3.8) is 0 Å². The minimum atomic E-state index is -0.459. The maximum atomic E-state index is 12.6. The molecule has 1 N–H and O–H groups in total. The largest absolute Gasteiger partial charge is 0.496 e. The van der Waals surface area contributed by atoms with Crippen molar-refractivity contribution in [1.82, 2.24) is 9.97 Å². The van der Waals surface area contributed by atoms with E-state index in [1.165, 1.54) is 6.07 Å². The van der Waals surface area contributed by atoms with E-state index in [1.54, 1.807) is 45.4 Å². The van der Waals surface area contributed by atoms with Gasteiger partial charge >= 0.3 is 5.97 Å². The summed E-state index contributed by atoms with van der Waals surface area (Å²) in [6.45, 7) is 3.67. The summed E-state index contributed by atoms with van der Waals surface area (Å²) in [6, 6.07) is 10.2. The summed E-state index contributed by atoms with van der Waals surface area (Å²) in [7, 11) is 1.58. The van der Waals surface area contributed by atoms with Gasteiger partial charge in [-0.1, -0.05) is 6.07 Å². The highest BCUT2D eigenvalue weighted by Gasteiger charge is 2.16. The van der Waals surface area contributed by atoms with Crippen molar-refractivity contribution in [3.8, 4) is 5.75 Å². The molecular formula is C20H19N3O4. The Kier molecular flexibility index (Phi) is 5.30. The topological polar surface area (TPSA) is 90.4 Å². The average Bonchev–Trinajstić information content (AvgIpc) is 2.67. The SMILES string of the molecule is CCOC(=O)c1ccc(C(=O)Nc2cccc3c(OC)ccnc23)nc1C. The zero-order valence-corrected chi connectivity index (χ0v) is 15.3. The zero-order chi connectivity index (χ0) is 19.4. The number of hydrogen-bond acceptors (Lipinski definition) is 6. The van der Waals surface area contributed by atoms with Gasteiger partial charge in [0, 0.05) is 11.6 Å². The van der Waals surface area contributed by atoms with E-state index < -0.39 is 11.9 Å². The van der Waals surface area contributed by atoms with Crippen LogP contribution in [0.3, 0.4) is 0 Å². The summed E-state index contributed by atoms with van der Waals surface area (Å²) in [6.07, 6.45) is 1.62. The quantitative estimate of drug-likeness (QED) is 0.697. The van der Waals surface area contributed by atoms with Crippen molar-refractivity contribution < 1.29 is 19.1 Å². The standard InChI is InChI=1S/C20H19N3O4/c1-4-27-20(25)13-8-9-16(22-12(13)2)19(24)23-15-7-5-6-14-17(26-3)10-11-21-18(14)15/h5-11H,4H2,1-3H3,(H,23,24). The van der Waals surface area contributed by atoms with Gasteiger partial charge in [-0.25, -0.2) is 9.78 Å². The van der Waals surface area contributed by atoms with Gasteiger partial charge in [0.15, 0.2) is 0 Å². The number of aryl methyl sites for hydroxylation is 1. The van der Waals surface area contributed by atoms with Crippen molar-refractivity contribution in [2.75, 3.05) is 19.0 Å². The molecule has 0 spiro atoms. The number of carbonyl (C=O) groups excluding carboxylic acids is 2. The number of hydrogen-bond donors (Lipinski definition) is 1. The lowest BCUT2D eigenvalue weighted by Crippen LogP contribution is -2.16. The molecule has 0 fully saturated rings. The van der Waals surface area contributed by atoms with Gasteiger partial charge in [-0.2, -0.15) is 0 Å². The van der Waals surface area contributed by atoms with E-state index in [0.29, 0.717) is 28.2 Å². The summed E-state index contributed by atoms with van der Waals surface area (Å²) in [5.41, 5.74) is 2.12. The zero-order valence-electron chi connectivity index (χ0n) is 15.3. The number of nitrogens with zero attached hydrogens (tertiary/aromatic N) is 2. The molecule has 138 valence electrons. The average molecular weight is 365 g/mol. The lowest BCUT2D eigenvalue weighted by Gasteiger charge is -2.11. The normalized spacial score (nSPS) is 10.5. The molecule has 2 aromatic heterocycles. The number of anilines is 1. The van der Waals surface area contributed by atoms with Gasteiger partial charge in [0.1, 0.15) is 11.4 Å². The first kappa shape index (κ1) is 18.3. The third-order valence-electron chi connectivity index (χ3n) is 4.01. The Morgan fingerprint density at radius 3 is 2.67 bits per heavy atom. The molecule has 27 heavy (non-hydrogen) atoms. The number of ether oxygens (including phenoxy) is 2. The molecule has 7 nitrogen and oxygen atoms in total. The number of fused-ring (bicyclic) bond motifs is 1. The molecular weight excluding hydrogens is 346 g/mol. The van der Waals surface area contributed by atoms with Crippen molar-refractivity contribution >= 4 is 28.5 Å². The molecule has 1 amide bonds. The number of carbonyl (C=O) groups is 2. The molecule has 0 atom stereocenters. The van der Waals surface area contributed by atoms with E-state index in [0.717, 1.165) is 5.39 Å². The van der Waals surface area contributed by atoms with Crippen LogP contribution in [0.4, 0.5) is 5.69 Å². The van der Waals surface area contributed by atoms with Crippen LogP contribution >= 0.6 is 0 Å². The number of benzene rings is 1. The monoisotopic (exact) mass is 365 g/mol. The molecule has 0 aliphatic carbocycles. The molecule has 3 aromatic rings. The first-order chi connectivity index (χ1) is 13.0. The minimum absolute atomic E-state index is 0.195. The highest BCUT2D eigenvalue weighted by atomic mass is 16.5. The van der Waals surface area contributed by atoms with Gasteiger partial charge in [0.2, 0.25) is 0 Å². The Morgan fingerprint density at radius 1 is 1.15 bits per heavy atom. The van der Waals surface area contributed by atoms with Crippen LogP contribution in [0, 0.1) is 6.92 Å². The molecule has 0 radical (unpaired) electrons. The molecule has 0 bridgehead atoms. The van der Waals surface area contributed by atoms with E-state index in [2.05, 4.69) is 15.3 Å². The maximum absolute atomic E-state index is 12.6. The molecule has 0 aliphatic heterocycles. The Bertz CT molecular complexity index is 1020. The van der Waals surface area contributed by atoms with Crippen LogP contribution < -0.4 is 10.1 Å². The number of nitrogens with one attached hydrogen (secondary N) is 1. The second-order valence-corrected chi connectivity index (χ2v) is 5.72. The smallest absolute Gasteiger partial charge is 0.339 e. The summed E-state index contributed by atoms with van der Waals surface area (Å²) in [5.74, 6) is -0.186. The number of amides is 1. The van der Waals surface area contributed by atoms with E-state index in [1.807, 2.05) is 12.1 Å². The predicted molar refractivity (Wildman–Crippen MR) is 101 cm³/mol. The van der Waals surface area contributed by atoms with Crippen LogP contribution in [-0.4, -0.2) is 35.6 Å². The third-order valence-corrected chi connectivity index (χ3v) is 4.01. The first-order valence-electron chi connectivity index (χ1n) is 8.43. The maximum Gasteiger partial charge on any atom is 0.339 e. The van der Waals surface area contributed by atoms with Gasteiger partial charge in [-0.05, 0) is 44.2 Å². The molecule has 0 saturated heterocycles. The minimum Gasteiger partial charge on any atom is -0.496 e. The van der Waals surface area contributed by atoms with Gasteiger partial charge in [0.25, 0.3) is 5.91 Å². The van der Waals surface area contributed by atoms with Crippen LogP contribution in [0.1, 0.15) is 33.5 Å². The molecule has 0 saturated carbocycles. The van der Waals surface area contributed by atoms with E-state index >= 15 is 0 Å². The van der Waals surface area contributed by atoms with Gasteiger partial charge in [0.05, 0.1) is 36.2 Å². The molecule has 0 unspecified atom stereocenters. The van der Waals surface area contributed by atoms with Gasteiger partial charge in [-0.3, -0.25) is 9.78 Å². The number of para-hydroxylation sites is 1. The van der Waals surface area contributed by atoms with Crippen LogP contribution in [0.15, 0.2) is 42.6 Å². The van der Waals surface area contributed by atoms with Crippen LogP contribution in [0.5, 0.6) is 5.75 Å². The third kappa shape index (κ3) is 3.72. The number of pyridine rings is 2. The van der Waals surface area contributed by atoms with Crippen molar-refractivity contribution in [2.45, 2.75) is 13.8 Å². The number of esters is 1. The van der Waals surface area contributed by atoms with Crippen molar-refractivity contribution in [3.05, 3.63) is 59.5 Å². The lowest BCUT2D eigenvalue weighted by atomic mass is 10.1. The number of methoxy groups -OCH3 is 1. The lowest BCUT2D eigenvalue weighted by molar-refractivity contribution is 0.0524. The Morgan fingerprint density at radius 2 is 1.96 bits per heavy atom. The van der Waals surface area contributed by atoms with Crippen LogP contribution in [0.2, 0.25) is 0 Å². The molecule has 2 heterocycles. The van der Waals surface area contributed by atoms with E-state index in [4.69, 9.17) is 9.47 Å². The Hall–Kier alpha value is -3.48. The van der Waals surface area contributed by atoms with E-state index in [9.17, 15) is 9.59 Å². The highest BCUT2D eigenvalue weighted by Crippen LogP contribution is 2.28. The van der Waals surface area contributed by atoms with Crippen LogP contribution in [0.25, 0.3) is 10.9 Å². The Labute approximate surface area is 156 Å². The molecule has 7 heteroatoms. The summed E-state index contributed by atoms with van der Waals surface area (Å²) in [4.78, 5) is 33.0. The predicted octanol–water partition coefficient (Wildman–Crippen LogP) is 3.38. The van der Waals surface area contributed by atoms with Crippen molar-refractivity contribution in [2.24, 2.45) is 0 Å². The fourth-order valence-electron chi connectivity index (χ4n) is 2.73.